The first-order valence-electron chi connectivity index (χ1n) is 5.27. The smallest absolute Gasteiger partial charge is 0.0949 e. The molecule has 0 aliphatic heterocycles. The van der Waals surface area contributed by atoms with Crippen LogP contribution in [0, 0.1) is 0 Å². The summed E-state index contributed by atoms with van der Waals surface area (Å²) in [5.74, 6) is 0. The average Bonchev–Trinajstić information content (AvgIpc) is 2.68. The highest BCUT2D eigenvalue weighted by Gasteiger charge is 2.09. The van der Waals surface area contributed by atoms with Crippen molar-refractivity contribution >= 4 is 37.5 Å². The molecule has 86 valence electrons. The zero-order valence-electron chi connectivity index (χ0n) is 9.15. The molecule has 0 aliphatic rings. The van der Waals surface area contributed by atoms with E-state index in [1.807, 2.05) is 6.07 Å². The number of hydrogen-bond acceptors (Lipinski definition) is 3. The summed E-state index contributed by atoms with van der Waals surface area (Å²) >= 11 is 5.44. The second kappa shape index (κ2) is 5.75. The standard InChI is InChI=1S/C12H14BrNOS/c1-15-7-6-9(13)8-12-14-10-4-2-3-5-11(10)16-12/h2-5,9H,6-8H2,1H3. The van der Waals surface area contributed by atoms with Crippen LogP contribution in [0.15, 0.2) is 24.3 Å². The zero-order chi connectivity index (χ0) is 11.4. The Bertz CT molecular complexity index is 424. The molecule has 2 aromatic rings. The van der Waals surface area contributed by atoms with Gasteiger partial charge in [-0.3, -0.25) is 0 Å². The maximum Gasteiger partial charge on any atom is 0.0949 e. The number of rotatable bonds is 5. The molecular formula is C12H14BrNOS. The SMILES string of the molecule is COCCC(Br)Cc1nc2ccccc2s1. The van der Waals surface area contributed by atoms with E-state index >= 15 is 0 Å². The fraction of sp³-hybridized carbons (Fsp3) is 0.417. The van der Waals surface area contributed by atoms with Crippen LogP contribution in [-0.4, -0.2) is 23.5 Å². The molecule has 1 unspecified atom stereocenters. The largest absolute Gasteiger partial charge is 0.385 e. The predicted molar refractivity (Wildman–Crippen MR) is 72.5 cm³/mol. The van der Waals surface area contributed by atoms with Crippen LogP contribution < -0.4 is 0 Å². The Balaban J connectivity index is 2.03. The van der Waals surface area contributed by atoms with Crippen LogP contribution in [0.2, 0.25) is 0 Å². The third-order valence-electron chi connectivity index (χ3n) is 2.37. The molecule has 0 aliphatic carbocycles. The van der Waals surface area contributed by atoms with E-state index in [2.05, 4.69) is 39.1 Å². The quantitative estimate of drug-likeness (QED) is 0.787. The molecule has 2 nitrogen and oxygen atoms in total. The number of alkyl halides is 1. The average molecular weight is 300 g/mol. The molecule has 4 heteroatoms. The van der Waals surface area contributed by atoms with E-state index in [0.29, 0.717) is 4.83 Å². The van der Waals surface area contributed by atoms with Crippen molar-refractivity contribution in [1.29, 1.82) is 0 Å². The van der Waals surface area contributed by atoms with Gasteiger partial charge in [0.2, 0.25) is 0 Å². The molecule has 1 aromatic heterocycles. The molecule has 0 spiro atoms. The van der Waals surface area contributed by atoms with Gasteiger partial charge in [0.1, 0.15) is 0 Å². The second-order valence-electron chi connectivity index (χ2n) is 3.66. The summed E-state index contributed by atoms with van der Waals surface area (Å²) in [7, 11) is 1.73. The number of benzene rings is 1. The first-order chi connectivity index (χ1) is 7.79. The van der Waals surface area contributed by atoms with Crippen molar-refractivity contribution in [3.8, 4) is 0 Å². The Hall–Kier alpha value is -0.450. The van der Waals surface area contributed by atoms with E-state index in [0.717, 1.165) is 25.0 Å². The van der Waals surface area contributed by atoms with Gasteiger partial charge in [-0.15, -0.1) is 11.3 Å². The number of methoxy groups -OCH3 is 1. The maximum absolute atomic E-state index is 5.06. The number of hydrogen-bond donors (Lipinski definition) is 0. The van der Waals surface area contributed by atoms with Gasteiger partial charge in [0.05, 0.1) is 15.2 Å². The van der Waals surface area contributed by atoms with Gasteiger partial charge in [-0.05, 0) is 18.6 Å². The van der Waals surface area contributed by atoms with Gasteiger partial charge >= 0.3 is 0 Å². The van der Waals surface area contributed by atoms with Crippen molar-refractivity contribution in [1.82, 2.24) is 4.98 Å². The summed E-state index contributed by atoms with van der Waals surface area (Å²) in [6, 6.07) is 8.27. The van der Waals surface area contributed by atoms with Crippen LogP contribution in [0.25, 0.3) is 10.2 Å². The molecule has 1 heterocycles. The molecule has 1 aromatic carbocycles. The number of para-hydroxylation sites is 1. The van der Waals surface area contributed by atoms with Crippen LogP contribution in [-0.2, 0) is 11.2 Å². The Kier molecular flexibility index (Phi) is 4.32. The van der Waals surface area contributed by atoms with Crippen LogP contribution in [0.1, 0.15) is 11.4 Å². The highest BCUT2D eigenvalue weighted by Crippen LogP contribution is 2.24. The highest BCUT2D eigenvalue weighted by atomic mass is 79.9. The van der Waals surface area contributed by atoms with Gasteiger partial charge < -0.3 is 4.74 Å². The molecule has 16 heavy (non-hydrogen) atoms. The predicted octanol–water partition coefficient (Wildman–Crippen LogP) is 3.64. The van der Waals surface area contributed by atoms with Gasteiger partial charge in [0, 0.05) is 25.0 Å². The number of nitrogens with zero attached hydrogens (tertiary/aromatic N) is 1. The lowest BCUT2D eigenvalue weighted by molar-refractivity contribution is 0.194. The minimum atomic E-state index is 0.452. The van der Waals surface area contributed by atoms with Crippen molar-refractivity contribution in [3.63, 3.8) is 0 Å². The monoisotopic (exact) mass is 299 g/mol. The fourth-order valence-electron chi connectivity index (χ4n) is 1.54. The van der Waals surface area contributed by atoms with Crippen molar-refractivity contribution in [3.05, 3.63) is 29.3 Å². The molecule has 0 saturated heterocycles. The van der Waals surface area contributed by atoms with E-state index in [1.54, 1.807) is 18.4 Å². The minimum Gasteiger partial charge on any atom is -0.385 e. The van der Waals surface area contributed by atoms with Crippen molar-refractivity contribution in [2.75, 3.05) is 13.7 Å². The molecule has 1 atom stereocenters. The number of fused-ring (bicyclic) bond motifs is 1. The molecule has 0 bridgehead atoms. The highest BCUT2D eigenvalue weighted by molar-refractivity contribution is 9.09. The molecule has 2 rings (SSSR count). The van der Waals surface area contributed by atoms with E-state index < -0.39 is 0 Å². The Labute approximate surface area is 108 Å². The van der Waals surface area contributed by atoms with Gasteiger partial charge in [0.15, 0.2) is 0 Å². The Morgan fingerprint density at radius 1 is 1.44 bits per heavy atom. The summed E-state index contributed by atoms with van der Waals surface area (Å²) in [4.78, 5) is 5.06. The first-order valence-corrected chi connectivity index (χ1v) is 7.00. The summed E-state index contributed by atoms with van der Waals surface area (Å²) in [5, 5.41) is 1.19. The number of thiazole rings is 1. The van der Waals surface area contributed by atoms with E-state index in [1.165, 1.54) is 9.71 Å². The molecule has 0 radical (unpaired) electrons. The lowest BCUT2D eigenvalue weighted by atomic mass is 10.2. The van der Waals surface area contributed by atoms with Crippen molar-refractivity contribution in [2.45, 2.75) is 17.7 Å². The van der Waals surface area contributed by atoms with E-state index in [-0.39, 0.29) is 0 Å². The maximum atomic E-state index is 5.06. The van der Waals surface area contributed by atoms with Crippen LogP contribution in [0.3, 0.4) is 0 Å². The lowest BCUT2D eigenvalue weighted by Crippen LogP contribution is -2.05. The third-order valence-corrected chi connectivity index (χ3v) is 4.21. The van der Waals surface area contributed by atoms with E-state index in [9.17, 15) is 0 Å². The second-order valence-corrected chi connectivity index (χ2v) is 6.07. The molecule has 0 saturated carbocycles. The Morgan fingerprint density at radius 3 is 3.00 bits per heavy atom. The normalized spacial score (nSPS) is 13.1. The minimum absolute atomic E-state index is 0.452. The number of aromatic nitrogens is 1. The van der Waals surface area contributed by atoms with Crippen LogP contribution in [0.5, 0.6) is 0 Å². The van der Waals surface area contributed by atoms with Crippen molar-refractivity contribution < 1.29 is 4.74 Å². The molecule has 0 N–H and O–H groups in total. The fourth-order valence-corrected chi connectivity index (χ4v) is 3.30. The number of halogens is 1. The van der Waals surface area contributed by atoms with Crippen molar-refractivity contribution in [2.24, 2.45) is 0 Å². The lowest BCUT2D eigenvalue weighted by Gasteiger charge is -2.05. The number of ether oxygens (including phenoxy) is 1. The molecular weight excluding hydrogens is 286 g/mol. The van der Waals surface area contributed by atoms with Gasteiger partial charge in [0.25, 0.3) is 0 Å². The van der Waals surface area contributed by atoms with Crippen LogP contribution in [0.4, 0.5) is 0 Å². The topological polar surface area (TPSA) is 22.1 Å². The summed E-state index contributed by atoms with van der Waals surface area (Å²) in [5.41, 5.74) is 1.11. The van der Waals surface area contributed by atoms with Gasteiger partial charge in [-0.2, -0.15) is 0 Å². The van der Waals surface area contributed by atoms with Gasteiger partial charge in [-0.1, -0.05) is 28.1 Å². The summed E-state index contributed by atoms with van der Waals surface area (Å²) in [6.07, 6.45) is 2.00. The summed E-state index contributed by atoms with van der Waals surface area (Å²) in [6.45, 7) is 0.792. The third kappa shape index (κ3) is 3.03. The van der Waals surface area contributed by atoms with Gasteiger partial charge in [-0.25, -0.2) is 4.98 Å². The van der Waals surface area contributed by atoms with E-state index in [4.69, 9.17) is 4.74 Å². The molecule has 0 fully saturated rings. The Morgan fingerprint density at radius 2 is 2.25 bits per heavy atom. The summed E-state index contributed by atoms with van der Waals surface area (Å²) < 4.78 is 6.33. The first kappa shape index (κ1) is 12.0. The zero-order valence-corrected chi connectivity index (χ0v) is 11.6. The molecule has 0 amide bonds. The van der Waals surface area contributed by atoms with Crippen LogP contribution >= 0.6 is 27.3 Å².